The van der Waals surface area contributed by atoms with Crippen molar-refractivity contribution in [1.29, 1.82) is 0 Å². The summed E-state index contributed by atoms with van der Waals surface area (Å²) in [6, 6.07) is 0. The number of nitrogens with zero attached hydrogens (tertiary/aromatic N) is 2. The summed E-state index contributed by atoms with van der Waals surface area (Å²) in [6.45, 7) is 1.98. The third-order valence-corrected chi connectivity index (χ3v) is 1.70. The van der Waals surface area contributed by atoms with Crippen LogP contribution in [0.4, 0.5) is 4.79 Å². The minimum Gasteiger partial charge on any atom is -0.386 e. The Morgan fingerprint density at radius 3 is 2.38 bits per heavy atom. The van der Waals surface area contributed by atoms with Crippen LogP contribution in [0, 0.1) is 5.92 Å². The van der Waals surface area contributed by atoms with Crippen molar-refractivity contribution in [2.45, 2.75) is 6.92 Å². The number of cyclic esters (lactones) is 1. The quantitative estimate of drug-likeness (QED) is 0.568. The highest BCUT2D eigenvalue weighted by atomic mass is 16.6. The van der Waals surface area contributed by atoms with E-state index in [4.69, 9.17) is 4.74 Å². The number of azo groups is 1. The molecule has 0 fully saturated rings. The van der Waals surface area contributed by atoms with Gasteiger partial charge >= 0.3 is 6.09 Å². The smallest absolute Gasteiger partial charge is 0.386 e. The van der Waals surface area contributed by atoms with Gasteiger partial charge in [0.1, 0.15) is 0 Å². The van der Waals surface area contributed by atoms with Gasteiger partial charge in [0, 0.05) is 11.5 Å². The van der Waals surface area contributed by atoms with Crippen LogP contribution >= 0.6 is 0 Å². The number of allylic oxidation sites excluding steroid dienone is 5. The van der Waals surface area contributed by atoms with Gasteiger partial charge in [0.25, 0.3) is 5.88 Å². The number of hydrogen-bond donors (Lipinski definition) is 0. The van der Waals surface area contributed by atoms with Crippen molar-refractivity contribution in [3.63, 3.8) is 0 Å². The van der Waals surface area contributed by atoms with Gasteiger partial charge in [-0.05, 0) is 0 Å². The Balaban J connectivity index is 2.27. The van der Waals surface area contributed by atoms with Gasteiger partial charge in [-0.1, -0.05) is 36.3 Å². The van der Waals surface area contributed by atoms with Gasteiger partial charge in [0.15, 0.2) is 0 Å². The predicted molar refractivity (Wildman–Crippen MR) is 45.6 cm³/mol. The fourth-order valence-electron chi connectivity index (χ4n) is 1.02. The van der Waals surface area contributed by atoms with Crippen molar-refractivity contribution in [2.24, 2.45) is 10.2 Å². The number of ether oxygens (including phenoxy) is 1. The average molecular weight is 175 g/mol. The molecule has 13 heavy (non-hydrogen) atoms. The van der Waals surface area contributed by atoms with E-state index in [0.29, 0.717) is 0 Å². The number of carbonyl (C=O) groups is 1. The van der Waals surface area contributed by atoms with E-state index in [2.05, 4.69) is 10.2 Å². The highest BCUT2D eigenvalue weighted by Crippen LogP contribution is 2.22. The molecular weight excluding hydrogens is 168 g/mol. The Hall–Kier alpha value is -1.71. The first-order valence-corrected chi connectivity index (χ1v) is 3.83. The lowest BCUT2D eigenvalue weighted by atomic mass is 10.0. The molecule has 0 aromatic heterocycles. The summed E-state index contributed by atoms with van der Waals surface area (Å²) in [7, 11) is 0. The van der Waals surface area contributed by atoms with Gasteiger partial charge in [0.2, 0.25) is 0 Å². The molecule has 0 unspecified atom stereocenters. The molecule has 2 aliphatic rings. The summed E-state index contributed by atoms with van der Waals surface area (Å²) >= 11 is 0. The number of hydrogen-bond acceptors (Lipinski definition) is 3. The largest absolute Gasteiger partial charge is 0.459 e. The molecule has 0 atom stereocenters. The molecule has 0 aromatic rings. The minimum absolute atomic E-state index is 0.269. The van der Waals surface area contributed by atoms with Crippen LogP contribution in [0.3, 0.4) is 0 Å². The zero-order valence-electron chi connectivity index (χ0n) is 7.02. The van der Waals surface area contributed by atoms with Crippen molar-refractivity contribution < 1.29 is 9.53 Å². The Morgan fingerprint density at radius 2 is 1.85 bits per heavy atom. The molecule has 65 valence electrons. The third-order valence-electron chi connectivity index (χ3n) is 1.70. The second-order valence-electron chi connectivity index (χ2n) is 2.74. The molecule has 1 radical (unpaired) electrons. The maximum Gasteiger partial charge on any atom is 0.459 e. The van der Waals surface area contributed by atoms with Crippen LogP contribution in [0.15, 0.2) is 46.0 Å². The van der Waals surface area contributed by atoms with E-state index in [1.807, 2.05) is 31.2 Å². The van der Waals surface area contributed by atoms with Gasteiger partial charge in [-0.25, -0.2) is 4.79 Å². The van der Waals surface area contributed by atoms with E-state index in [1.54, 1.807) is 0 Å². The van der Waals surface area contributed by atoms with E-state index in [0.717, 1.165) is 11.5 Å². The second-order valence-corrected chi connectivity index (χ2v) is 2.74. The fraction of sp³-hybridized carbons (Fsp3) is 0.111. The van der Waals surface area contributed by atoms with Crippen LogP contribution in [-0.2, 0) is 4.74 Å². The summed E-state index contributed by atoms with van der Waals surface area (Å²) in [5, 5.41) is 6.83. The molecule has 1 amide bonds. The first kappa shape index (κ1) is 7.91. The Kier molecular flexibility index (Phi) is 1.81. The molecule has 1 aliphatic carbocycles. The summed E-state index contributed by atoms with van der Waals surface area (Å²) in [4.78, 5) is 10.6. The van der Waals surface area contributed by atoms with E-state index < -0.39 is 6.09 Å². The lowest BCUT2D eigenvalue weighted by Crippen LogP contribution is -1.94. The first-order valence-electron chi connectivity index (χ1n) is 3.83. The lowest BCUT2D eigenvalue weighted by Gasteiger charge is -2.05. The summed E-state index contributed by atoms with van der Waals surface area (Å²) in [5.41, 5.74) is 0.764. The van der Waals surface area contributed by atoms with Crippen LogP contribution in [0.2, 0.25) is 0 Å². The molecule has 4 heteroatoms. The molecule has 0 saturated heterocycles. The summed E-state index contributed by atoms with van der Waals surface area (Å²) < 4.78 is 4.73. The van der Waals surface area contributed by atoms with Gasteiger partial charge in [-0.3, -0.25) is 0 Å². The van der Waals surface area contributed by atoms with E-state index in [1.165, 1.54) is 0 Å². The second kappa shape index (κ2) is 2.97. The van der Waals surface area contributed by atoms with Crippen molar-refractivity contribution in [3.05, 3.63) is 41.7 Å². The highest BCUT2D eigenvalue weighted by molar-refractivity contribution is 5.71. The molecule has 0 spiro atoms. The Labute approximate surface area is 75.3 Å². The zero-order valence-corrected chi connectivity index (χ0v) is 7.02. The number of amides is 1. The Morgan fingerprint density at radius 1 is 1.15 bits per heavy atom. The normalized spacial score (nSPS) is 21.5. The maximum absolute atomic E-state index is 10.6. The topological polar surface area (TPSA) is 51.0 Å². The first-order chi connectivity index (χ1) is 6.25. The van der Waals surface area contributed by atoms with Crippen LogP contribution in [-0.4, -0.2) is 6.09 Å². The molecule has 1 aliphatic heterocycles. The van der Waals surface area contributed by atoms with Crippen LogP contribution < -0.4 is 0 Å². The highest BCUT2D eigenvalue weighted by Gasteiger charge is 2.17. The average Bonchev–Trinajstić information content (AvgIpc) is 2.53. The van der Waals surface area contributed by atoms with Crippen LogP contribution in [0.1, 0.15) is 6.92 Å². The number of carbonyl (C=O) groups excluding carboxylic acids is 1. The maximum atomic E-state index is 10.6. The van der Waals surface area contributed by atoms with Gasteiger partial charge in [0.05, 0.1) is 0 Å². The van der Waals surface area contributed by atoms with Gasteiger partial charge < -0.3 is 4.74 Å². The van der Waals surface area contributed by atoms with E-state index in [9.17, 15) is 4.79 Å². The monoisotopic (exact) mass is 175 g/mol. The Bertz CT molecular complexity index is 348. The molecule has 0 N–H and O–H groups in total. The van der Waals surface area contributed by atoms with E-state index in [-0.39, 0.29) is 5.88 Å². The standard InChI is InChI=1S/C9H7N2O2/c1-6-2-4-7(5-3-6)8-10-11-9(12)13-8/h2-5H,1H3. The molecule has 0 bridgehead atoms. The molecule has 2 rings (SSSR count). The van der Waals surface area contributed by atoms with Gasteiger partial charge in [-0.2, -0.15) is 0 Å². The summed E-state index contributed by atoms with van der Waals surface area (Å²) in [6.07, 6.45) is 6.86. The van der Waals surface area contributed by atoms with Crippen molar-refractivity contribution in [2.75, 3.05) is 0 Å². The SMILES string of the molecule is C[C]1C=CC(=C2N=NC(=O)O2)C=C1. The predicted octanol–water partition coefficient (Wildman–Crippen LogP) is 2.52. The lowest BCUT2D eigenvalue weighted by molar-refractivity contribution is 0.196. The molecular formula is C9H7N2O2. The van der Waals surface area contributed by atoms with Crippen LogP contribution in [0.25, 0.3) is 0 Å². The molecule has 0 saturated carbocycles. The summed E-state index contributed by atoms with van der Waals surface area (Å²) in [5.74, 6) is 1.41. The van der Waals surface area contributed by atoms with Crippen molar-refractivity contribution in [1.82, 2.24) is 0 Å². The van der Waals surface area contributed by atoms with Crippen molar-refractivity contribution in [3.8, 4) is 0 Å². The van der Waals surface area contributed by atoms with E-state index >= 15 is 0 Å². The molecule has 4 nitrogen and oxygen atoms in total. The van der Waals surface area contributed by atoms with Gasteiger partial charge in [-0.15, -0.1) is 5.11 Å². The van der Waals surface area contributed by atoms with Crippen LogP contribution in [0.5, 0.6) is 0 Å². The van der Waals surface area contributed by atoms with Crippen molar-refractivity contribution >= 4 is 6.09 Å². The minimum atomic E-state index is -0.657. The third kappa shape index (κ3) is 1.56. The molecule has 1 heterocycles. The zero-order chi connectivity index (χ0) is 9.26. The molecule has 0 aromatic carbocycles. The number of rotatable bonds is 0. The fourth-order valence-corrected chi connectivity index (χ4v) is 1.02.